The van der Waals surface area contributed by atoms with Gasteiger partial charge in [-0.25, -0.2) is 0 Å². The highest BCUT2D eigenvalue weighted by molar-refractivity contribution is 7.28. The molecule has 0 spiro atoms. The Morgan fingerprint density at radius 3 is 0.879 bits per heavy atom. The van der Waals surface area contributed by atoms with Crippen molar-refractivity contribution in [3.05, 3.63) is 218 Å². The molecular weight excluding hydrogens is 877 g/mol. The summed E-state index contributed by atoms with van der Waals surface area (Å²) in [5.41, 5.74) is 9.13. The summed E-state index contributed by atoms with van der Waals surface area (Å²) in [5, 5.41) is 10.6. The van der Waals surface area contributed by atoms with Crippen molar-refractivity contribution in [3.8, 4) is 11.1 Å². The zero-order valence-electron chi connectivity index (χ0n) is 35.3. The van der Waals surface area contributed by atoms with Gasteiger partial charge in [-0.2, -0.15) is 0 Å². The monoisotopic (exact) mass is 912 g/mol. The highest BCUT2D eigenvalue weighted by Crippen LogP contribution is 2.47. The molecule has 6 heteroatoms. The van der Waals surface area contributed by atoms with Crippen LogP contribution in [0.2, 0.25) is 0 Å². The van der Waals surface area contributed by atoms with Crippen molar-refractivity contribution < 1.29 is 0 Å². The molecule has 4 heterocycles. The maximum Gasteiger partial charge on any atom is 0.0468 e. The Kier molecular flexibility index (Phi) is 8.71. The second-order valence-electron chi connectivity index (χ2n) is 16.9. The fourth-order valence-electron chi connectivity index (χ4n) is 9.90. The average molecular weight is 913 g/mol. The second-order valence-corrected chi connectivity index (χ2v) is 21.2. The van der Waals surface area contributed by atoms with Crippen molar-refractivity contribution in [1.29, 1.82) is 0 Å². The number of hydrogen-bond acceptors (Lipinski definition) is 6. The van der Waals surface area contributed by atoms with Crippen LogP contribution in [0.25, 0.3) is 91.8 Å². The van der Waals surface area contributed by atoms with E-state index in [0.29, 0.717) is 0 Å². The lowest BCUT2D eigenvalue weighted by Crippen LogP contribution is -2.10. The largest absolute Gasteiger partial charge is 0.310 e. The van der Waals surface area contributed by atoms with Crippen LogP contribution in [0.3, 0.4) is 0 Å². The van der Waals surface area contributed by atoms with Crippen LogP contribution in [0, 0.1) is 0 Å². The first-order chi connectivity index (χ1) is 32.7. The Morgan fingerprint density at radius 2 is 0.485 bits per heavy atom. The third kappa shape index (κ3) is 6.18. The number of nitrogens with zero attached hydrogens (tertiary/aromatic N) is 2. The van der Waals surface area contributed by atoms with Crippen molar-refractivity contribution in [2.75, 3.05) is 9.80 Å². The summed E-state index contributed by atoms with van der Waals surface area (Å²) in [4.78, 5) is 4.76. The molecule has 2 nitrogen and oxygen atoms in total. The van der Waals surface area contributed by atoms with Gasteiger partial charge in [0.05, 0.1) is 0 Å². The van der Waals surface area contributed by atoms with E-state index in [1.807, 2.05) is 45.3 Å². The fourth-order valence-corrected chi connectivity index (χ4v) is 14.4. The minimum atomic E-state index is 1.12. The molecule has 0 N–H and O–H groups in total. The number of anilines is 6. The predicted octanol–water partition coefficient (Wildman–Crippen LogP) is 19.8. The lowest BCUT2D eigenvalue weighted by molar-refractivity contribution is 1.29. The molecule has 10 aromatic carbocycles. The van der Waals surface area contributed by atoms with Crippen molar-refractivity contribution in [3.63, 3.8) is 0 Å². The van der Waals surface area contributed by atoms with E-state index in [4.69, 9.17) is 0 Å². The molecule has 310 valence electrons. The van der Waals surface area contributed by atoms with Gasteiger partial charge in [-0.3, -0.25) is 0 Å². The normalized spacial score (nSPS) is 11.9. The number of benzene rings is 10. The topological polar surface area (TPSA) is 6.48 Å². The first-order valence-corrected chi connectivity index (χ1v) is 25.4. The summed E-state index contributed by atoms with van der Waals surface area (Å²) in [6.07, 6.45) is 0. The van der Waals surface area contributed by atoms with Gasteiger partial charge in [-0.1, -0.05) is 97.1 Å². The van der Waals surface area contributed by atoms with Crippen molar-refractivity contribution in [2.45, 2.75) is 0 Å². The van der Waals surface area contributed by atoms with E-state index in [9.17, 15) is 0 Å². The molecule has 0 unspecified atom stereocenters. The molecule has 0 amide bonds. The van der Waals surface area contributed by atoms with Gasteiger partial charge in [0.25, 0.3) is 0 Å². The summed E-state index contributed by atoms with van der Waals surface area (Å²) in [6, 6.07) is 80.6. The smallest absolute Gasteiger partial charge is 0.0468 e. The van der Waals surface area contributed by atoms with E-state index >= 15 is 0 Å². The lowest BCUT2D eigenvalue weighted by atomic mass is 10.0. The van der Waals surface area contributed by atoms with Crippen molar-refractivity contribution in [2.24, 2.45) is 0 Å². The van der Waals surface area contributed by atoms with E-state index in [1.54, 1.807) is 0 Å². The van der Waals surface area contributed by atoms with Gasteiger partial charge in [-0.05, 0) is 132 Å². The van der Waals surface area contributed by atoms with E-state index in [2.05, 4.69) is 228 Å². The number of rotatable bonds is 7. The van der Waals surface area contributed by atoms with Gasteiger partial charge >= 0.3 is 0 Å². The van der Waals surface area contributed by atoms with Crippen LogP contribution in [0.1, 0.15) is 0 Å². The van der Waals surface area contributed by atoms with Crippen LogP contribution in [0.5, 0.6) is 0 Å². The molecule has 0 saturated heterocycles. The average Bonchev–Trinajstić information content (AvgIpc) is 4.13. The molecular formula is C60H36N2S4. The van der Waals surface area contributed by atoms with Crippen LogP contribution >= 0.6 is 45.3 Å². The fraction of sp³-hybridized carbons (Fsp3) is 0. The van der Waals surface area contributed by atoms with E-state index in [0.717, 1.165) is 34.1 Å². The minimum Gasteiger partial charge on any atom is -0.310 e. The number of para-hydroxylation sites is 2. The van der Waals surface area contributed by atoms with Crippen molar-refractivity contribution >= 4 is 160 Å². The molecule has 0 bridgehead atoms. The minimum absolute atomic E-state index is 1.12. The lowest BCUT2D eigenvalue weighted by Gasteiger charge is -2.26. The van der Waals surface area contributed by atoms with Gasteiger partial charge in [-0.15, -0.1) is 45.3 Å². The molecule has 0 atom stereocenters. The van der Waals surface area contributed by atoms with Crippen LogP contribution in [-0.4, -0.2) is 0 Å². The first kappa shape index (κ1) is 38.0. The summed E-state index contributed by atoms with van der Waals surface area (Å²) >= 11 is 7.54. The summed E-state index contributed by atoms with van der Waals surface area (Å²) in [6.45, 7) is 0. The van der Waals surface area contributed by atoms with Gasteiger partial charge < -0.3 is 9.80 Å². The zero-order chi connectivity index (χ0) is 43.3. The van der Waals surface area contributed by atoms with Crippen LogP contribution in [0.15, 0.2) is 218 Å². The Balaban J connectivity index is 0.810. The third-order valence-electron chi connectivity index (χ3n) is 13.0. The molecule has 0 radical (unpaired) electrons. The first-order valence-electron chi connectivity index (χ1n) is 22.1. The van der Waals surface area contributed by atoms with Crippen LogP contribution in [0.4, 0.5) is 34.1 Å². The molecule has 0 fully saturated rings. The summed E-state index contributed by atoms with van der Waals surface area (Å²) in [5.74, 6) is 0. The quantitative estimate of drug-likeness (QED) is 0.157. The van der Waals surface area contributed by atoms with E-state index < -0.39 is 0 Å². The summed E-state index contributed by atoms with van der Waals surface area (Å²) < 4.78 is 10.6. The molecule has 0 saturated carbocycles. The van der Waals surface area contributed by atoms with Gasteiger partial charge in [0, 0.05) is 115 Å². The molecule has 66 heavy (non-hydrogen) atoms. The Hall–Kier alpha value is -7.32. The maximum atomic E-state index is 2.41. The maximum absolute atomic E-state index is 2.41. The molecule has 14 aromatic rings. The number of fused-ring (bicyclic) bond motifs is 12. The number of hydrogen-bond donors (Lipinski definition) is 0. The van der Waals surface area contributed by atoms with Crippen LogP contribution in [-0.2, 0) is 0 Å². The molecule has 4 aromatic heterocycles. The molecule has 14 rings (SSSR count). The summed E-state index contributed by atoms with van der Waals surface area (Å²) in [7, 11) is 0. The zero-order valence-corrected chi connectivity index (χ0v) is 38.6. The third-order valence-corrected chi connectivity index (χ3v) is 17.6. The van der Waals surface area contributed by atoms with E-state index in [1.165, 1.54) is 91.8 Å². The van der Waals surface area contributed by atoms with Gasteiger partial charge in [0.15, 0.2) is 0 Å². The Labute approximate surface area is 396 Å². The Morgan fingerprint density at radius 1 is 0.197 bits per heavy atom. The number of thiophene rings is 4. The van der Waals surface area contributed by atoms with Gasteiger partial charge in [0.2, 0.25) is 0 Å². The van der Waals surface area contributed by atoms with Crippen molar-refractivity contribution in [1.82, 2.24) is 0 Å². The Bertz CT molecular complexity index is 3890. The van der Waals surface area contributed by atoms with Gasteiger partial charge in [0.1, 0.15) is 0 Å². The second kappa shape index (κ2) is 15.1. The highest BCUT2D eigenvalue weighted by Gasteiger charge is 2.19. The predicted molar refractivity (Wildman–Crippen MR) is 293 cm³/mol. The van der Waals surface area contributed by atoms with Crippen LogP contribution < -0.4 is 9.80 Å². The standard InChI is InChI=1S/C60H36N2S4/c1-3-11-39(12-4-1)61(43-27-29-55-47(31-43)51-35-57-49(33-59(51)65-55)45-15-7-9-17-53(45)63-57)41-23-19-37(20-24-41)38-21-25-42(26-22-38)62(40-13-5-2-6-14-40)44-28-30-56-48(32-44)52-36-58-50(34-60(52)66-56)46-16-8-10-18-54(46)64-58/h1-36H. The van der Waals surface area contributed by atoms with E-state index in [-0.39, 0.29) is 0 Å². The highest BCUT2D eigenvalue weighted by atomic mass is 32.1. The SMILES string of the molecule is c1ccc(N(c2ccc(-c3ccc(N(c4ccccc4)c4ccc5sc6cc7c(cc6c5c4)sc4ccccc47)cc3)cc2)c2ccc3sc4cc5c(cc4c3c2)sc2ccccc25)cc1. The molecule has 0 aliphatic heterocycles. The molecule has 0 aliphatic carbocycles. The molecule has 0 aliphatic rings.